The molecule has 0 amide bonds. The van der Waals surface area contributed by atoms with Gasteiger partial charge in [0.1, 0.15) is 0 Å². The zero-order chi connectivity index (χ0) is 20.8. The Hall–Kier alpha value is -3.39. The number of hydrogen-bond donors (Lipinski definition) is 0. The molecule has 0 saturated carbocycles. The van der Waals surface area contributed by atoms with Gasteiger partial charge >= 0.3 is 0 Å². The number of thiazole rings is 1. The first-order valence-corrected chi connectivity index (χ1v) is 9.81. The van der Waals surface area contributed by atoms with Gasteiger partial charge in [0, 0.05) is 11.6 Å². The van der Waals surface area contributed by atoms with Crippen LogP contribution < -0.4 is 10.1 Å². The number of aromatic nitrogens is 3. The summed E-state index contributed by atoms with van der Waals surface area (Å²) in [5, 5.41) is 15.5. The lowest BCUT2D eigenvalue weighted by atomic mass is 9.87. The Labute approximate surface area is 170 Å². The Morgan fingerprint density at radius 1 is 1.10 bits per heavy atom. The van der Waals surface area contributed by atoms with Gasteiger partial charge in [-0.15, -0.1) is 5.10 Å². The fourth-order valence-corrected chi connectivity index (χ4v) is 3.89. The average Bonchev–Trinajstić information content (AvgIpc) is 3.21. The Kier molecular flexibility index (Phi) is 4.50. The number of nitro groups is 1. The molecule has 0 aliphatic carbocycles. The van der Waals surface area contributed by atoms with Crippen molar-refractivity contribution in [3.63, 3.8) is 0 Å². The lowest BCUT2D eigenvalue weighted by molar-refractivity contribution is -0.385. The highest BCUT2D eigenvalue weighted by Crippen LogP contribution is 2.25. The Balaban J connectivity index is 1.76. The van der Waals surface area contributed by atoms with Gasteiger partial charge in [-0.1, -0.05) is 68.5 Å². The SMILES string of the molecule is CC(C)(C)c1ccc(-c2nc3sc(=Cc4ccccc4[N+](=O)[O-])c(=O)n3n2)cc1. The molecule has 146 valence electrons. The van der Waals surface area contributed by atoms with Crippen LogP contribution in [0.2, 0.25) is 0 Å². The van der Waals surface area contributed by atoms with Gasteiger partial charge in [-0.25, -0.2) is 0 Å². The molecule has 8 heteroatoms. The average molecular weight is 406 g/mol. The van der Waals surface area contributed by atoms with Crippen LogP contribution in [0.3, 0.4) is 0 Å². The van der Waals surface area contributed by atoms with Crippen molar-refractivity contribution in [1.82, 2.24) is 14.6 Å². The van der Waals surface area contributed by atoms with E-state index in [4.69, 9.17) is 0 Å². The zero-order valence-corrected chi connectivity index (χ0v) is 16.9. The molecule has 2 aromatic heterocycles. The smallest absolute Gasteiger partial charge is 0.266 e. The predicted octanol–water partition coefficient (Wildman–Crippen LogP) is 3.57. The minimum Gasteiger partial charge on any atom is -0.266 e. The quantitative estimate of drug-likeness (QED) is 0.383. The molecule has 4 rings (SSSR count). The lowest BCUT2D eigenvalue weighted by Gasteiger charge is -2.18. The second-order valence-corrected chi connectivity index (χ2v) is 8.70. The first-order valence-electron chi connectivity index (χ1n) is 9.00. The van der Waals surface area contributed by atoms with Gasteiger partial charge in [0.25, 0.3) is 11.2 Å². The zero-order valence-electron chi connectivity index (χ0n) is 16.1. The van der Waals surface area contributed by atoms with E-state index in [1.165, 1.54) is 22.2 Å². The van der Waals surface area contributed by atoms with Crippen LogP contribution in [-0.4, -0.2) is 19.5 Å². The molecule has 0 atom stereocenters. The molecule has 0 N–H and O–H groups in total. The third-order valence-corrected chi connectivity index (χ3v) is 5.57. The van der Waals surface area contributed by atoms with Gasteiger partial charge < -0.3 is 0 Å². The standard InChI is InChI=1S/C21H18N4O3S/c1-21(2,3)15-10-8-13(9-11-15)18-22-20-24(23-18)19(26)17(29-20)12-14-6-4-5-7-16(14)25(27)28/h4-12H,1-3H3. The van der Waals surface area contributed by atoms with E-state index in [0.717, 1.165) is 16.9 Å². The van der Waals surface area contributed by atoms with Crippen LogP contribution in [0.4, 0.5) is 5.69 Å². The molecule has 0 saturated heterocycles. The maximum Gasteiger partial charge on any atom is 0.291 e. The van der Waals surface area contributed by atoms with E-state index in [1.54, 1.807) is 18.2 Å². The minimum atomic E-state index is -0.466. The molecule has 0 aliphatic rings. The molecule has 0 fully saturated rings. The molecule has 2 aromatic carbocycles. The van der Waals surface area contributed by atoms with E-state index >= 15 is 0 Å². The molecule has 29 heavy (non-hydrogen) atoms. The van der Waals surface area contributed by atoms with Crippen molar-refractivity contribution in [1.29, 1.82) is 0 Å². The Morgan fingerprint density at radius 3 is 2.41 bits per heavy atom. The number of nitro benzene ring substituents is 1. The number of benzene rings is 2. The fraction of sp³-hybridized carbons (Fsp3) is 0.190. The molecular formula is C21H18N4O3S. The summed E-state index contributed by atoms with van der Waals surface area (Å²) in [6.45, 7) is 6.43. The maximum absolute atomic E-state index is 12.7. The van der Waals surface area contributed by atoms with E-state index in [-0.39, 0.29) is 16.7 Å². The van der Waals surface area contributed by atoms with Crippen LogP contribution in [0.25, 0.3) is 22.4 Å². The molecule has 0 aliphatic heterocycles. The summed E-state index contributed by atoms with van der Waals surface area (Å²) in [7, 11) is 0. The van der Waals surface area contributed by atoms with Crippen LogP contribution in [-0.2, 0) is 5.41 Å². The van der Waals surface area contributed by atoms with Crippen LogP contribution in [0, 0.1) is 10.1 Å². The number of para-hydroxylation sites is 1. The summed E-state index contributed by atoms with van der Waals surface area (Å²) in [6, 6.07) is 14.3. The van der Waals surface area contributed by atoms with E-state index in [2.05, 4.69) is 30.9 Å². The summed E-state index contributed by atoms with van der Waals surface area (Å²) < 4.78 is 1.60. The van der Waals surface area contributed by atoms with Gasteiger partial charge in [0.05, 0.1) is 15.0 Å². The van der Waals surface area contributed by atoms with Crippen molar-refractivity contribution >= 4 is 28.1 Å². The second-order valence-electron chi connectivity index (χ2n) is 7.69. The Bertz CT molecular complexity index is 1330. The maximum atomic E-state index is 12.7. The van der Waals surface area contributed by atoms with Crippen molar-refractivity contribution < 1.29 is 4.92 Å². The predicted molar refractivity (Wildman–Crippen MR) is 113 cm³/mol. The number of fused-ring (bicyclic) bond motifs is 1. The third-order valence-electron chi connectivity index (χ3n) is 4.61. The summed E-state index contributed by atoms with van der Waals surface area (Å²) in [5.41, 5.74) is 2.06. The molecular weight excluding hydrogens is 388 g/mol. The molecule has 0 bridgehead atoms. The first-order chi connectivity index (χ1) is 13.7. The van der Waals surface area contributed by atoms with Crippen molar-refractivity contribution in [3.05, 3.63) is 84.7 Å². The summed E-state index contributed by atoms with van der Waals surface area (Å²) in [5.74, 6) is 0.478. The number of hydrogen-bond acceptors (Lipinski definition) is 6. The van der Waals surface area contributed by atoms with Gasteiger partial charge in [-0.2, -0.15) is 9.50 Å². The molecule has 0 radical (unpaired) electrons. The highest BCUT2D eigenvalue weighted by Gasteiger charge is 2.16. The van der Waals surface area contributed by atoms with Crippen molar-refractivity contribution in [2.24, 2.45) is 0 Å². The summed E-state index contributed by atoms with van der Waals surface area (Å²) in [6.07, 6.45) is 1.51. The van der Waals surface area contributed by atoms with Crippen LogP contribution in [0.1, 0.15) is 31.9 Å². The number of rotatable bonds is 3. The van der Waals surface area contributed by atoms with Crippen LogP contribution in [0.5, 0.6) is 0 Å². The molecule has 7 nitrogen and oxygen atoms in total. The van der Waals surface area contributed by atoms with Crippen molar-refractivity contribution in [2.45, 2.75) is 26.2 Å². The highest BCUT2D eigenvalue weighted by atomic mass is 32.1. The monoisotopic (exact) mass is 406 g/mol. The summed E-state index contributed by atoms with van der Waals surface area (Å²) >= 11 is 1.16. The van der Waals surface area contributed by atoms with E-state index in [9.17, 15) is 14.9 Å². The van der Waals surface area contributed by atoms with Gasteiger partial charge in [0.15, 0.2) is 5.82 Å². The molecule has 4 aromatic rings. The number of nitrogens with zero attached hydrogens (tertiary/aromatic N) is 4. The molecule has 2 heterocycles. The third kappa shape index (κ3) is 3.54. The van der Waals surface area contributed by atoms with E-state index < -0.39 is 4.92 Å². The normalized spacial score (nSPS) is 12.6. The molecule has 0 spiro atoms. The lowest BCUT2D eigenvalue weighted by Crippen LogP contribution is -2.23. The van der Waals surface area contributed by atoms with E-state index in [0.29, 0.717) is 20.9 Å². The topological polar surface area (TPSA) is 90.4 Å². The van der Waals surface area contributed by atoms with Crippen molar-refractivity contribution in [3.8, 4) is 11.4 Å². The fourth-order valence-electron chi connectivity index (χ4n) is 2.99. The minimum absolute atomic E-state index is 0.0491. The molecule has 0 unspecified atom stereocenters. The summed E-state index contributed by atoms with van der Waals surface area (Å²) in [4.78, 5) is 28.4. The Morgan fingerprint density at radius 2 is 1.79 bits per heavy atom. The first kappa shape index (κ1) is 18.9. The van der Waals surface area contributed by atoms with E-state index in [1.807, 2.05) is 24.3 Å². The van der Waals surface area contributed by atoms with Gasteiger partial charge in [0.2, 0.25) is 4.96 Å². The largest absolute Gasteiger partial charge is 0.291 e. The van der Waals surface area contributed by atoms with Gasteiger partial charge in [-0.05, 0) is 23.1 Å². The van der Waals surface area contributed by atoms with Crippen LogP contribution in [0.15, 0.2) is 53.3 Å². The second kappa shape index (κ2) is 6.89. The van der Waals surface area contributed by atoms with Gasteiger partial charge in [-0.3, -0.25) is 14.9 Å². The van der Waals surface area contributed by atoms with Crippen LogP contribution >= 0.6 is 11.3 Å². The highest BCUT2D eigenvalue weighted by molar-refractivity contribution is 7.15. The van der Waals surface area contributed by atoms with Crippen molar-refractivity contribution in [2.75, 3.05) is 0 Å².